The van der Waals surface area contributed by atoms with Crippen LogP contribution >= 0.6 is 0 Å². The van der Waals surface area contributed by atoms with Crippen molar-refractivity contribution in [1.82, 2.24) is 0 Å². The second-order valence-electron chi connectivity index (χ2n) is 5.99. The van der Waals surface area contributed by atoms with Gasteiger partial charge >= 0.3 is 0 Å². The van der Waals surface area contributed by atoms with Crippen molar-refractivity contribution in [3.63, 3.8) is 0 Å². The fourth-order valence-corrected chi connectivity index (χ4v) is 2.18. The van der Waals surface area contributed by atoms with Crippen molar-refractivity contribution in [3.8, 4) is 5.75 Å². The molecule has 0 spiro atoms. The molecule has 0 saturated heterocycles. The number of aliphatic hydroxyl groups excluding tert-OH is 1. The second-order valence-corrected chi connectivity index (χ2v) is 5.99. The third-order valence-corrected chi connectivity index (χ3v) is 3.44. The standard InChI is InChI=1S/C15H22O2/c1-15(2,3)12-9-11(7-8-13(12)17-4)14(16)10-5-6-10/h7-10,14,16H,5-6H2,1-4H3. The van der Waals surface area contributed by atoms with E-state index < -0.39 is 0 Å². The third-order valence-electron chi connectivity index (χ3n) is 3.44. The Morgan fingerprint density at radius 2 is 1.94 bits per heavy atom. The largest absolute Gasteiger partial charge is 0.496 e. The predicted molar refractivity (Wildman–Crippen MR) is 69.4 cm³/mol. The molecule has 0 radical (unpaired) electrons. The summed E-state index contributed by atoms with van der Waals surface area (Å²) in [6.45, 7) is 6.49. The maximum absolute atomic E-state index is 10.2. The molecule has 0 aromatic heterocycles. The normalized spacial score (nSPS) is 17.9. The topological polar surface area (TPSA) is 29.5 Å². The Labute approximate surface area is 104 Å². The molecule has 17 heavy (non-hydrogen) atoms. The van der Waals surface area contributed by atoms with E-state index in [0.29, 0.717) is 5.92 Å². The van der Waals surface area contributed by atoms with Crippen LogP contribution in [0.1, 0.15) is 50.8 Å². The van der Waals surface area contributed by atoms with Crippen LogP contribution in [0.4, 0.5) is 0 Å². The summed E-state index contributed by atoms with van der Waals surface area (Å²) in [6, 6.07) is 6.06. The van der Waals surface area contributed by atoms with Crippen LogP contribution in [0.2, 0.25) is 0 Å². The quantitative estimate of drug-likeness (QED) is 0.868. The van der Waals surface area contributed by atoms with Crippen LogP contribution in [0, 0.1) is 5.92 Å². The first-order valence-electron chi connectivity index (χ1n) is 6.30. The van der Waals surface area contributed by atoms with Gasteiger partial charge in [-0.1, -0.05) is 26.8 Å². The number of aliphatic hydroxyl groups is 1. The van der Waals surface area contributed by atoms with Crippen molar-refractivity contribution in [2.45, 2.75) is 45.1 Å². The molecule has 0 aliphatic heterocycles. The average molecular weight is 234 g/mol. The van der Waals surface area contributed by atoms with E-state index in [1.807, 2.05) is 12.1 Å². The van der Waals surface area contributed by atoms with Crippen molar-refractivity contribution in [1.29, 1.82) is 0 Å². The van der Waals surface area contributed by atoms with Gasteiger partial charge in [-0.2, -0.15) is 0 Å². The summed E-state index contributed by atoms with van der Waals surface area (Å²) >= 11 is 0. The Morgan fingerprint density at radius 1 is 1.29 bits per heavy atom. The molecular formula is C15H22O2. The highest BCUT2D eigenvalue weighted by Crippen LogP contribution is 2.42. The molecule has 0 amide bonds. The molecule has 2 nitrogen and oxygen atoms in total. The molecule has 1 aromatic rings. The van der Waals surface area contributed by atoms with Crippen LogP contribution in [-0.4, -0.2) is 12.2 Å². The monoisotopic (exact) mass is 234 g/mol. The number of methoxy groups -OCH3 is 1. The Bertz CT molecular complexity index is 400. The molecule has 1 atom stereocenters. The third kappa shape index (κ3) is 2.63. The van der Waals surface area contributed by atoms with E-state index in [1.165, 1.54) is 0 Å². The van der Waals surface area contributed by atoms with Crippen LogP contribution in [0.5, 0.6) is 5.75 Å². The lowest BCUT2D eigenvalue weighted by molar-refractivity contribution is 0.153. The predicted octanol–water partition coefficient (Wildman–Crippen LogP) is 3.44. The van der Waals surface area contributed by atoms with Gasteiger partial charge in [0.2, 0.25) is 0 Å². The summed E-state index contributed by atoms with van der Waals surface area (Å²) in [5.74, 6) is 1.38. The van der Waals surface area contributed by atoms with Crippen molar-refractivity contribution in [2.24, 2.45) is 5.92 Å². The summed E-state index contributed by atoms with van der Waals surface area (Å²) < 4.78 is 5.40. The average Bonchev–Trinajstić information content (AvgIpc) is 3.10. The minimum Gasteiger partial charge on any atom is -0.496 e. The molecule has 0 heterocycles. The maximum Gasteiger partial charge on any atom is 0.122 e. The van der Waals surface area contributed by atoms with E-state index in [4.69, 9.17) is 4.74 Å². The van der Waals surface area contributed by atoms with Gasteiger partial charge in [0.1, 0.15) is 5.75 Å². The number of rotatable bonds is 3. The molecule has 1 aromatic carbocycles. The van der Waals surface area contributed by atoms with Crippen LogP contribution in [-0.2, 0) is 5.41 Å². The Kier molecular flexibility index (Phi) is 3.17. The Morgan fingerprint density at radius 3 is 2.41 bits per heavy atom. The van der Waals surface area contributed by atoms with Gasteiger partial charge in [-0.3, -0.25) is 0 Å². The second kappa shape index (κ2) is 4.34. The minimum absolute atomic E-state index is 0.0324. The van der Waals surface area contributed by atoms with E-state index in [-0.39, 0.29) is 11.5 Å². The van der Waals surface area contributed by atoms with Crippen molar-refractivity contribution >= 4 is 0 Å². The summed E-state index contributed by atoms with van der Waals surface area (Å²) in [4.78, 5) is 0. The van der Waals surface area contributed by atoms with E-state index in [1.54, 1.807) is 7.11 Å². The summed E-state index contributed by atoms with van der Waals surface area (Å²) in [5.41, 5.74) is 2.22. The van der Waals surface area contributed by atoms with Gasteiger partial charge < -0.3 is 9.84 Å². The van der Waals surface area contributed by atoms with Crippen molar-refractivity contribution in [3.05, 3.63) is 29.3 Å². The highest BCUT2D eigenvalue weighted by Gasteiger charge is 2.31. The first-order valence-corrected chi connectivity index (χ1v) is 6.30. The molecule has 1 fully saturated rings. The highest BCUT2D eigenvalue weighted by atomic mass is 16.5. The van der Waals surface area contributed by atoms with Crippen LogP contribution in [0.15, 0.2) is 18.2 Å². The number of benzene rings is 1. The summed E-state index contributed by atoms with van der Waals surface area (Å²) in [6.07, 6.45) is 2.00. The maximum atomic E-state index is 10.2. The zero-order valence-electron chi connectivity index (χ0n) is 11.2. The molecule has 94 valence electrons. The van der Waals surface area contributed by atoms with Crippen molar-refractivity contribution in [2.75, 3.05) is 7.11 Å². The van der Waals surface area contributed by atoms with Gasteiger partial charge in [0.15, 0.2) is 0 Å². The lowest BCUT2D eigenvalue weighted by atomic mass is 9.84. The van der Waals surface area contributed by atoms with E-state index in [2.05, 4.69) is 26.8 Å². The molecule has 0 bridgehead atoms. The highest BCUT2D eigenvalue weighted by molar-refractivity contribution is 5.42. The number of ether oxygens (including phenoxy) is 1. The fraction of sp³-hybridized carbons (Fsp3) is 0.600. The lowest BCUT2D eigenvalue weighted by Crippen LogP contribution is -2.14. The SMILES string of the molecule is COc1ccc(C(O)C2CC2)cc1C(C)(C)C. The lowest BCUT2D eigenvalue weighted by Gasteiger charge is -2.24. The van der Waals surface area contributed by atoms with E-state index in [9.17, 15) is 5.11 Å². The van der Waals surface area contributed by atoms with Gasteiger partial charge in [0, 0.05) is 0 Å². The van der Waals surface area contributed by atoms with Crippen LogP contribution in [0.25, 0.3) is 0 Å². The van der Waals surface area contributed by atoms with E-state index in [0.717, 1.165) is 29.7 Å². The van der Waals surface area contributed by atoms with Gasteiger partial charge in [-0.25, -0.2) is 0 Å². The first kappa shape index (κ1) is 12.4. The number of hydrogen-bond acceptors (Lipinski definition) is 2. The molecule has 1 N–H and O–H groups in total. The molecule has 1 aliphatic rings. The molecule has 2 heteroatoms. The van der Waals surface area contributed by atoms with Crippen LogP contribution < -0.4 is 4.74 Å². The first-order chi connectivity index (χ1) is 7.93. The van der Waals surface area contributed by atoms with Gasteiger partial charge in [-0.15, -0.1) is 0 Å². The molecular weight excluding hydrogens is 212 g/mol. The zero-order valence-corrected chi connectivity index (χ0v) is 11.2. The smallest absolute Gasteiger partial charge is 0.122 e. The molecule has 1 aliphatic carbocycles. The van der Waals surface area contributed by atoms with Gasteiger partial charge in [-0.05, 0) is 47.4 Å². The minimum atomic E-state index is -0.304. The van der Waals surface area contributed by atoms with Crippen molar-refractivity contribution < 1.29 is 9.84 Å². The number of hydrogen-bond donors (Lipinski definition) is 1. The fourth-order valence-electron chi connectivity index (χ4n) is 2.18. The van der Waals surface area contributed by atoms with Gasteiger partial charge in [0.25, 0.3) is 0 Å². The summed E-state index contributed by atoms with van der Waals surface area (Å²) in [5, 5.41) is 10.2. The molecule has 1 saturated carbocycles. The van der Waals surface area contributed by atoms with Crippen LogP contribution in [0.3, 0.4) is 0 Å². The van der Waals surface area contributed by atoms with E-state index >= 15 is 0 Å². The summed E-state index contributed by atoms with van der Waals surface area (Å²) in [7, 11) is 1.70. The van der Waals surface area contributed by atoms with Gasteiger partial charge in [0.05, 0.1) is 13.2 Å². The Balaban J connectivity index is 2.37. The zero-order chi connectivity index (χ0) is 12.6. The molecule has 1 unspecified atom stereocenters. The Hall–Kier alpha value is -1.02. The molecule has 2 rings (SSSR count).